The average molecular weight is 568 g/mol. The number of ether oxygens (including phenoxy) is 1. The third kappa shape index (κ3) is 4.86. The van der Waals surface area contributed by atoms with E-state index in [1.165, 1.54) is 36.9 Å². The molecule has 1 aliphatic carbocycles. The highest BCUT2D eigenvalue weighted by molar-refractivity contribution is 6.15. The van der Waals surface area contributed by atoms with Crippen molar-refractivity contribution in [1.29, 1.82) is 0 Å². The second-order valence-corrected chi connectivity index (χ2v) is 10.0. The molecule has 1 aliphatic rings. The van der Waals surface area contributed by atoms with Gasteiger partial charge in [0.15, 0.2) is 5.69 Å². The number of carbonyl (C=O) groups is 1. The number of aromatic amines is 1. The third-order valence-corrected chi connectivity index (χ3v) is 7.11. The molecule has 1 fully saturated rings. The monoisotopic (exact) mass is 567 g/mol. The molecule has 0 aliphatic heterocycles. The molecule has 4 heterocycles. The first kappa shape index (κ1) is 26.7. The number of hydrogen-bond acceptors (Lipinski definition) is 6. The number of fused-ring (bicyclic) bond motifs is 3. The predicted molar refractivity (Wildman–Crippen MR) is 144 cm³/mol. The number of H-pyrrole nitrogens is 1. The Hall–Kier alpha value is -4.52. The van der Waals surface area contributed by atoms with E-state index < -0.39 is 23.2 Å². The van der Waals surface area contributed by atoms with Crippen LogP contribution in [0, 0.1) is 5.82 Å². The van der Waals surface area contributed by atoms with Gasteiger partial charge in [-0.1, -0.05) is 0 Å². The Labute approximate surface area is 230 Å². The second kappa shape index (κ2) is 9.84. The summed E-state index contributed by atoms with van der Waals surface area (Å²) in [5.74, 6) is -0.889. The summed E-state index contributed by atoms with van der Waals surface area (Å²) in [6.07, 6.45) is 2.45. The smallest absolute Gasteiger partial charge is 0.384 e. The van der Waals surface area contributed by atoms with Crippen LogP contribution in [0.15, 0.2) is 49.1 Å². The molecule has 6 rings (SSSR count). The van der Waals surface area contributed by atoms with Crippen molar-refractivity contribution in [2.75, 3.05) is 25.6 Å². The van der Waals surface area contributed by atoms with Crippen LogP contribution in [0.3, 0.4) is 0 Å². The van der Waals surface area contributed by atoms with Crippen LogP contribution < -0.4 is 10.6 Å². The molecule has 0 bridgehead atoms. The molecule has 4 aromatic heterocycles. The summed E-state index contributed by atoms with van der Waals surface area (Å²) in [7, 11) is 1.57. The molecule has 1 amide bonds. The van der Waals surface area contributed by atoms with Crippen LogP contribution in [0.2, 0.25) is 0 Å². The Morgan fingerprint density at radius 2 is 2.00 bits per heavy atom. The largest absolute Gasteiger partial charge is 0.435 e. The molecular formula is C28H25F4N7O2. The maximum atomic E-state index is 14.8. The van der Waals surface area contributed by atoms with Gasteiger partial charge in [-0.2, -0.15) is 18.3 Å². The number of amides is 1. The van der Waals surface area contributed by atoms with E-state index in [0.717, 1.165) is 23.6 Å². The molecule has 13 heteroatoms. The molecule has 3 N–H and O–H groups in total. The van der Waals surface area contributed by atoms with E-state index in [1.54, 1.807) is 13.2 Å². The van der Waals surface area contributed by atoms with Crippen molar-refractivity contribution < 1.29 is 27.1 Å². The molecule has 1 aromatic carbocycles. The Balaban J connectivity index is 1.56. The molecule has 1 saturated carbocycles. The summed E-state index contributed by atoms with van der Waals surface area (Å²) in [6, 6.07) is 5.08. The number of alkyl halides is 3. The van der Waals surface area contributed by atoms with Crippen molar-refractivity contribution in [1.82, 2.24) is 30.0 Å². The summed E-state index contributed by atoms with van der Waals surface area (Å²) in [5.41, 5.74) is 1.08. The molecule has 9 nitrogen and oxygen atoms in total. The quantitative estimate of drug-likeness (QED) is 0.215. The number of carbonyl (C=O) groups excluding carboxylic acids is 1. The maximum Gasteiger partial charge on any atom is 0.435 e. The average Bonchev–Trinajstić information content (AvgIpc) is 3.32. The fourth-order valence-corrected chi connectivity index (χ4v) is 5.04. The lowest BCUT2D eigenvalue weighted by Crippen LogP contribution is -2.40. The molecule has 0 saturated heterocycles. The van der Waals surface area contributed by atoms with Crippen LogP contribution in [-0.4, -0.2) is 56.4 Å². The first-order valence-electron chi connectivity index (χ1n) is 12.9. The highest BCUT2D eigenvalue weighted by Gasteiger charge is 2.44. The van der Waals surface area contributed by atoms with Gasteiger partial charge < -0.3 is 20.4 Å². The van der Waals surface area contributed by atoms with Crippen molar-refractivity contribution in [3.8, 4) is 16.8 Å². The predicted octanol–water partition coefficient (Wildman–Crippen LogP) is 5.46. The summed E-state index contributed by atoms with van der Waals surface area (Å²) in [6.45, 7) is 2.75. The van der Waals surface area contributed by atoms with Crippen LogP contribution >= 0.6 is 0 Å². The number of nitrogens with one attached hydrogen (secondary N) is 3. The topological polar surface area (TPSA) is 110 Å². The number of aromatic nitrogens is 5. The number of rotatable bonds is 8. The number of halogens is 4. The Bertz CT molecular complexity index is 1790. The molecule has 5 aromatic rings. The fourth-order valence-electron chi connectivity index (χ4n) is 5.04. The minimum Gasteiger partial charge on any atom is -0.384 e. The van der Waals surface area contributed by atoms with Crippen molar-refractivity contribution in [2.45, 2.75) is 31.5 Å². The summed E-state index contributed by atoms with van der Waals surface area (Å²) >= 11 is 0. The van der Waals surface area contributed by atoms with E-state index in [2.05, 4.69) is 30.7 Å². The van der Waals surface area contributed by atoms with Crippen LogP contribution in [0.1, 0.15) is 35.8 Å². The van der Waals surface area contributed by atoms with Crippen molar-refractivity contribution in [2.24, 2.45) is 0 Å². The summed E-state index contributed by atoms with van der Waals surface area (Å²) in [5, 5.41) is 10.7. The minimum absolute atomic E-state index is 0.224. The first-order valence-corrected chi connectivity index (χ1v) is 12.9. The van der Waals surface area contributed by atoms with Gasteiger partial charge in [-0.3, -0.25) is 9.78 Å². The van der Waals surface area contributed by atoms with Gasteiger partial charge in [-0.25, -0.2) is 14.1 Å². The van der Waals surface area contributed by atoms with Gasteiger partial charge in [0.2, 0.25) is 0 Å². The van der Waals surface area contributed by atoms with Crippen LogP contribution in [-0.2, 0) is 10.9 Å². The lowest BCUT2D eigenvalue weighted by molar-refractivity contribution is -0.141. The van der Waals surface area contributed by atoms with E-state index in [0.29, 0.717) is 51.9 Å². The van der Waals surface area contributed by atoms with E-state index >= 15 is 0 Å². The highest BCUT2D eigenvalue weighted by atomic mass is 19.4. The molecule has 0 spiro atoms. The van der Waals surface area contributed by atoms with Gasteiger partial charge in [-0.05, 0) is 44.0 Å². The zero-order valence-electron chi connectivity index (χ0n) is 22.1. The zero-order chi connectivity index (χ0) is 28.9. The Kier molecular flexibility index (Phi) is 6.40. The molecule has 0 unspecified atom stereocenters. The number of hydrogen-bond donors (Lipinski definition) is 3. The van der Waals surface area contributed by atoms with Gasteiger partial charge >= 0.3 is 6.18 Å². The summed E-state index contributed by atoms with van der Waals surface area (Å²) in [4.78, 5) is 25.0. The van der Waals surface area contributed by atoms with Gasteiger partial charge in [-0.15, -0.1) is 0 Å². The maximum absolute atomic E-state index is 14.8. The van der Waals surface area contributed by atoms with E-state index in [4.69, 9.17) is 4.74 Å². The number of benzene rings is 1. The van der Waals surface area contributed by atoms with Crippen LogP contribution in [0.4, 0.5) is 23.2 Å². The highest BCUT2D eigenvalue weighted by Crippen LogP contribution is 2.40. The third-order valence-electron chi connectivity index (χ3n) is 7.11. The first-order chi connectivity index (χ1) is 19.6. The second-order valence-electron chi connectivity index (χ2n) is 10.0. The van der Waals surface area contributed by atoms with Crippen LogP contribution in [0.25, 0.3) is 38.8 Å². The van der Waals surface area contributed by atoms with Gasteiger partial charge in [0.25, 0.3) is 5.91 Å². The number of anilines is 1. The number of pyridine rings is 2. The van der Waals surface area contributed by atoms with Gasteiger partial charge in [0, 0.05) is 55.0 Å². The molecule has 0 radical (unpaired) electrons. The fraction of sp³-hybridized carbons (Fsp3) is 0.286. The lowest BCUT2D eigenvalue weighted by atomic mass is 10.0. The van der Waals surface area contributed by atoms with Gasteiger partial charge in [0.1, 0.15) is 11.5 Å². The SMILES string of the molecule is CCNc1cc(F)cc2c1[nH]c1ncc(-c3cncc(C(=O)NC4(COC)CC4)c3)c(-n3ccc(C(F)(F)F)n3)c12. The lowest BCUT2D eigenvalue weighted by Gasteiger charge is -2.17. The normalized spacial score (nSPS) is 14.5. The van der Waals surface area contributed by atoms with E-state index in [-0.39, 0.29) is 17.2 Å². The van der Waals surface area contributed by atoms with E-state index in [9.17, 15) is 22.4 Å². The van der Waals surface area contributed by atoms with Crippen molar-refractivity contribution in [3.05, 3.63) is 66.1 Å². The van der Waals surface area contributed by atoms with Gasteiger partial charge in [0.05, 0.1) is 40.0 Å². The summed E-state index contributed by atoms with van der Waals surface area (Å²) < 4.78 is 61.8. The van der Waals surface area contributed by atoms with Crippen molar-refractivity contribution in [3.63, 3.8) is 0 Å². The zero-order valence-corrected chi connectivity index (χ0v) is 22.1. The Morgan fingerprint density at radius 1 is 1.20 bits per heavy atom. The minimum atomic E-state index is -4.68. The molecule has 0 atom stereocenters. The Morgan fingerprint density at radius 3 is 2.68 bits per heavy atom. The molecular weight excluding hydrogens is 542 g/mol. The number of nitrogens with zero attached hydrogens (tertiary/aromatic N) is 4. The molecule has 41 heavy (non-hydrogen) atoms. The standard InChI is InChI=1S/C28H25F4N7O2/c1-3-34-20-10-17(29)9-18-22-24(39-7-4-21(38-39)28(30,31)32)19(13-35-25(22)36-23(18)20)15-8-16(12-33-11-15)26(40)37-27(5-6-27)14-41-2/h4,7-13,34H,3,5-6,14H2,1-2H3,(H,35,36)(H,37,40). The van der Waals surface area contributed by atoms with Crippen molar-refractivity contribution >= 4 is 33.5 Å². The van der Waals surface area contributed by atoms with Crippen LogP contribution in [0.5, 0.6) is 0 Å². The van der Waals surface area contributed by atoms with E-state index in [1.807, 2.05) is 6.92 Å². The molecule has 212 valence electrons. The number of methoxy groups -OCH3 is 1.